The molecule has 1 atom stereocenters. The van der Waals surface area contributed by atoms with Crippen LogP contribution in [0.2, 0.25) is 0 Å². The van der Waals surface area contributed by atoms with E-state index >= 15 is 0 Å². The molecule has 0 radical (unpaired) electrons. The third kappa shape index (κ3) is 3.94. The Morgan fingerprint density at radius 2 is 1.72 bits per heavy atom. The first-order valence-corrected chi connectivity index (χ1v) is 8.06. The molecule has 0 saturated carbocycles. The SMILES string of the molecule is Cc1noc(C)c1CC(=O)N[C@H](c1ccccc1)c1ccc(F)cc1. The van der Waals surface area contributed by atoms with Crippen molar-refractivity contribution in [1.82, 2.24) is 10.5 Å². The van der Waals surface area contributed by atoms with Crippen LogP contribution < -0.4 is 5.32 Å². The van der Waals surface area contributed by atoms with Crippen molar-refractivity contribution in [1.29, 1.82) is 0 Å². The fraction of sp³-hybridized carbons (Fsp3) is 0.200. The van der Waals surface area contributed by atoms with Gasteiger partial charge in [0, 0.05) is 5.56 Å². The molecule has 1 amide bonds. The molecule has 0 fully saturated rings. The second-order valence-electron chi connectivity index (χ2n) is 5.94. The van der Waals surface area contributed by atoms with Crippen molar-refractivity contribution in [3.8, 4) is 0 Å². The van der Waals surface area contributed by atoms with Gasteiger partial charge in [-0.15, -0.1) is 0 Å². The highest BCUT2D eigenvalue weighted by molar-refractivity contribution is 5.80. The average molecular weight is 338 g/mol. The van der Waals surface area contributed by atoms with Crippen molar-refractivity contribution in [2.75, 3.05) is 0 Å². The number of hydrogen-bond acceptors (Lipinski definition) is 3. The van der Waals surface area contributed by atoms with E-state index in [1.54, 1.807) is 19.1 Å². The van der Waals surface area contributed by atoms with Gasteiger partial charge in [0.05, 0.1) is 18.2 Å². The monoisotopic (exact) mass is 338 g/mol. The van der Waals surface area contributed by atoms with Gasteiger partial charge in [0.2, 0.25) is 5.91 Å². The van der Waals surface area contributed by atoms with Gasteiger partial charge in [0.25, 0.3) is 0 Å². The van der Waals surface area contributed by atoms with Gasteiger partial charge < -0.3 is 9.84 Å². The third-order valence-corrected chi connectivity index (χ3v) is 4.16. The van der Waals surface area contributed by atoms with E-state index in [1.807, 2.05) is 37.3 Å². The number of nitrogens with one attached hydrogen (secondary N) is 1. The summed E-state index contributed by atoms with van der Waals surface area (Å²) in [4.78, 5) is 12.6. The molecular formula is C20H19FN2O2. The maximum atomic E-state index is 13.3. The molecule has 5 heteroatoms. The fourth-order valence-corrected chi connectivity index (χ4v) is 2.79. The number of rotatable bonds is 5. The highest BCUT2D eigenvalue weighted by Gasteiger charge is 2.19. The van der Waals surface area contributed by atoms with Crippen LogP contribution in [0.25, 0.3) is 0 Å². The first kappa shape index (κ1) is 16.9. The van der Waals surface area contributed by atoms with Gasteiger partial charge in [-0.05, 0) is 37.1 Å². The molecule has 128 valence electrons. The average Bonchev–Trinajstić information content (AvgIpc) is 2.93. The second-order valence-corrected chi connectivity index (χ2v) is 5.94. The van der Waals surface area contributed by atoms with Crippen molar-refractivity contribution >= 4 is 5.91 Å². The Morgan fingerprint density at radius 3 is 2.32 bits per heavy atom. The molecule has 1 aromatic heterocycles. The van der Waals surface area contributed by atoms with Crippen LogP contribution in [0.1, 0.15) is 34.2 Å². The van der Waals surface area contributed by atoms with Crippen LogP contribution in [0.5, 0.6) is 0 Å². The number of nitrogens with zero attached hydrogens (tertiary/aromatic N) is 1. The minimum absolute atomic E-state index is 0.146. The molecule has 1 N–H and O–H groups in total. The van der Waals surface area contributed by atoms with Crippen molar-refractivity contribution in [2.45, 2.75) is 26.3 Å². The maximum absolute atomic E-state index is 13.3. The molecule has 0 aliphatic rings. The van der Waals surface area contributed by atoms with Gasteiger partial charge in [-0.1, -0.05) is 47.6 Å². The number of amides is 1. The van der Waals surface area contributed by atoms with Crippen molar-refractivity contribution < 1.29 is 13.7 Å². The van der Waals surface area contributed by atoms with Crippen LogP contribution in [0.3, 0.4) is 0 Å². The van der Waals surface area contributed by atoms with Gasteiger partial charge in [-0.3, -0.25) is 4.79 Å². The third-order valence-electron chi connectivity index (χ3n) is 4.16. The lowest BCUT2D eigenvalue weighted by Crippen LogP contribution is -2.30. The number of benzene rings is 2. The quantitative estimate of drug-likeness (QED) is 0.768. The number of carbonyl (C=O) groups excluding carboxylic acids is 1. The normalized spacial score (nSPS) is 12.0. The number of halogens is 1. The largest absolute Gasteiger partial charge is 0.361 e. The van der Waals surface area contributed by atoms with E-state index in [0.29, 0.717) is 11.5 Å². The van der Waals surface area contributed by atoms with Gasteiger partial charge in [-0.25, -0.2) is 4.39 Å². The Bertz CT molecular complexity index is 838. The Balaban J connectivity index is 1.85. The van der Waals surface area contributed by atoms with E-state index in [4.69, 9.17) is 4.52 Å². The van der Waals surface area contributed by atoms with Gasteiger partial charge >= 0.3 is 0 Å². The van der Waals surface area contributed by atoms with E-state index in [0.717, 1.165) is 16.7 Å². The van der Waals surface area contributed by atoms with Gasteiger partial charge in [0.1, 0.15) is 11.6 Å². The fourth-order valence-electron chi connectivity index (χ4n) is 2.79. The van der Waals surface area contributed by atoms with E-state index in [9.17, 15) is 9.18 Å². The first-order chi connectivity index (χ1) is 12.0. The summed E-state index contributed by atoms with van der Waals surface area (Å²) in [7, 11) is 0. The summed E-state index contributed by atoms with van der Waals surface area (Å²) in [5.41, 5.74) is 3.26. The van der Waals surface area contributed by atoms with Crippen molar-refractivity contribution in [3.63, 3.8) is 0 Å². The molecule has 0 aliphatic carbocycles. The molecule has 3 rings (SSSR count). The molecule has 3 aromatic rings. The summed E-state index contributed by atoms with van der Waals surface area (Å²) < 4.78 is 18.4. The molecule has 0 spiro atoms. The summed E-state index contributed by atoms with van der Waals surface area (Å²) in [5, 5.41) is 6.91. The number of aromatic nitrogens is 1. The number of carbonyl (C=O) groups is 1. The molecule has 0 bridgehead atoms. The van der Waals surface area contributed by atoms with Gasteiger partial charge in [-0.2, -0.15) is 0 Å². The predicted molar refractivity (Wildman–Crippen MR) is 92.5 cm³/mol. The molecule has 0 unspecified atom stereocenters. The number of hydrogen-bond donors (Lipinski definition) is 1. The van der Waals surface area contributed by atoms with Crippen LogP contribution in [-0.4, -0.2) is 11.1 Å². The van der Waals surface area contributed by atoms with Gasteiger partial charge in [0.15, 0.2) is 0 Å². The minimum atomic E-state index is -0.352. The summed E-state index contributed by atoms with van der Waals surface area (Å²) in [6.45, 7) is 3.60. The van der Waals surface area contributed by atoms with Crippen LogP contribution >= 0.6 is 0 Å². The highest BCUT2D eigenvalue weighted by Crippen LogP contribution is 2.23. The highest BCUT2D eigenvalue weighted by atomic mass is 19.1. The predicted octanol–water partition coefficient (Wildman–Crippen LogP) is 3.88. The van der Waals surface area contributed by atoms with Crippen LogP contribution in [0.4, 0.5) is 4.39 Å². The Hall–Kier alpha value is -2.95. The lowest BCUT2D eigenvalue weighted by molar-refractivity contribution is -0.121. The molecular weight excluding hydrogens is 319 g/mol. The lowest BCUT2D eigenvalue weighted by Gasteiger charge is -2.20. The van der Waals surface area contributed by atoms with E-state index in [1.165, 1.54) is 12.1 Å². The zero-order chi connectivity index (χ0) is 17.8. The Kier molecular flexibility index (Phi) is 4.93. The molecule has 1 heterocycles. The second kappa shape index (κ2) is 7.30. The van der Waals surface area contributed by atoms with E-state index in [2.05, 4.69) is 10.5 Å². The Labute approximate surface area is 145 Å². The lowest BCUT2D eigenvalue weighted by atomic mass is 9.98. The summed E-state index contributed by atoms with van der Waals surface area (Å²) in [5.74, 6) is 0.191. The Morgan fingerprint density at radius 1 is 1.08 bits per heavy atom. The molecule has 0 saturated heterocycles. The van der Waals surface area contributed by atoms with Crippen LogP contribution in [0.15, 0.2) is 59.1 Å². The van der Waals surface area contributed by atoms with E-state index < -0.39 is 0 Å². The molecule has 2 aromatic carbocycles. The zero-order valence-corrected chi connectivity index (χ0v) is 14.1. The summed E-state index contributed by atoms with van der Waals surface area (Å²) in [6, 6.07) is 15.4. The molecule has 0 aliphatic heterocycles. The smallest absolute Gasteiger partial charge is 0.225 e. The maximum Gasteiger partial charge on any atom is 0.225 e. The van der Waals surface area contributed by atoms with Crippen LogP contribution in [0, 0.1) is 19.7 Å². The summed E-state index contributed by atoms with van der Waals surface area (Å²) >= 11 is 0. The molecule has 25 heavy (non-hydrogen) atoms. The van der Waals surface area contributed by atoms with Crippen molar-refractivity contribution in [3.05, 3.63) is 88.6 Å². The number of aryl methyl sites for hydroxylation is 2. The molecule has 4 nitrogen and oxygen atoms in total. The minimum Gasteiger partial charge on any atom is -0.361 e. The standard InChI is InChI=1S/C20H19FN2O2/c1-13-18(14(2)25-23-13)12-19(24)22-20(15-6-4-3-5-7-15)16-8-10-17(21)11-9-16/h3-11,20H,12H2,1-2H3,(H,22,24)/t20-/m1/s1. The zero-order valence-electron chi connectivity index (χ0n) is 14.1. The topological polar surface area (TPSA) is 55.1 Å². The van der Waals surface area contributed by atoms with Crippen LogP contribution in [-0.2, 0) is 11.2 Å². The summed E-state index contributed by atoms with van der Waals surface area (Å²) in [6.07, 6.45) is 0.186. The van der Waals surface area contributed by atoms with E-state index in [-0.39, 0.29) is 24.2 Å². The van der Waals surface area contributed by atoms with Crippen molar-refractivity contribution in [2.24, 2.45) is 0 Å². The first-order valence-electron chi connectivity index (χ1n) is 8.06.